The van der Waals surface area contributed by atoms with Crippen LogP contribution in [0.3, 0.4) is 0 Å². The van der Waals surface area contributed by atoms with Crippen molar-refractivity contribution in [3.05, 3.63) is 86.3 Å². The average Bonchev–Trinajstić information content (AvgIpc) is 3.84. The Morgan fingerprint density at radius 3 is 0.808 bits per heavy atom. The van der Waals surface area contributed by atoms with Gasteiger partial charge in [-0.3, -0.25) is 9.80 Å². The molecular weight excluding hydrogens is 836 g/mol. The molecule has 2 bridgehead atoms. The Hall–Kier alpha value is -0.143. The van der Waals surface area contributed by atoms with Crippen LogP contribution in [0.4, 0.5) is 0 Å². The summed E-state index contributed by atoms with van der Waals surface area (Å²) in [6.45, 7) is 35.3. The molecule has 3 radical (unpaired) electrons. The summed E-state index contributed by atoms with van der Waals surface area (Å²) in [6.07, 6.45) is 0. The second kappa shape index (κ2) is 62.8. The van der Waals surface area contributed by atoms with Crippen LogP contribution in [-0.2, 0) is 81.2 Å². The van der Waals surface area contributed by atoms with Crippen molar-refractivity contribution >= 4 is 16.4 Å². The molecule has 14 nitrogen and oxygen atoms in total. The van der Waals surface area contributed by atoms with Gasteiger partial charge in [-0.15, -0.1) is 0 Å². The van der Waals surface area contributed by atoms with Gasteiger partial charge < -0.3 is 28.4 Å². The molecule has 18 heteroatoms. The van der Waals surface area contributed by atoms with Crippen molar-refractivity contribution in [2.24, 2.45) is 0 Å². The van der Waals surface area contributed by atoms with Crippen LogP contribution >= 0.6 is 0 Å². The van der Waals surface area contributed by atoms with Crippen LogP contribution in [0.2, 0.25) is 0 Å². The number of nitrogens with zero attached hydrogens (tertiary/aromatic N) is 2. The maximum Gasteiger partial charge on any atom is 1.00 e. The van der Waals surface area contributed by atoms with Crippen molar-refractivity contribution in [1.29, 1.82) is 0 Å². The normalized spacial score (nSPS) is 17.8. The first-order valence-corrected chi connectivity index (χ1v) is 16.9. The van der Waals surface area contributed by atoms with E-state index in [9.17, 15) is 0 Å². The maximum atomic E-state index is 7.50. The van der Waals surface area contributed by atoms with Crippen molar-refractivity contribution in [2.75, 3.05) is 119 Å². The molecular formula is C34H52AsMn2N2NaO12-. The SMILES string of the molecule is C1COCCN2CCOCCOCCN(CCO1)CCOCCOCC2.Cc1cc[cH-]c1.Cc1cc[cH-]c1.O[As]O.[C-]#[O+].[C-]#[O+].[C-]#[O+].[C-]#[O+].[Mn].[Mn].[Na+]. The van der Waals surface area contributed by atoms with Crippen molar-refractivity contribution in [3.8, 4) is 0 Å². The van der Waals surface area contributed by atoms with Crippen LogP contribution in [0, 0.1) is 40.4 Å². The van der Waals surface area contributed by atoms with E-state index in [4.69, 9.17) is 55.2 Å². The summed E-state index contributed by atoms with van der Waals surface area (Å²) in [5.74, 6) is 0. The summed E-state index contributed by atoms with van der Waals surface area (Å²) < 4.78 is 78.6. The molecule has 0 unspecified atom stereocenters. The second-order valence-corrected chi connectivity index (χ2v) is 9.75. The zero-order valence-electron chi connectivity index (χ0n) is 30.4. The molecule has 291 valence electrons. The number of rotatable bonds is 0. The van der Waals surface area contributed by atoms with Crippen molar-refractivity contribution in [1.82, 2.24) is 9.80 Å². The van der Waals surface area contributed by atoms with E-state index >= 15 is 0 Å². The van der Waals surface area contributed by atoms with Crippen molar-refractivity contribution in [2.45, 2.75) is 13.8 Å². The Kier molecular flexibility index (Phi) is 80.5. The van der Waals surface area contributed by atoms with Crippen molar-refractivity contribution in [3.63, 3.8) is 0 Å². The molecule has 0 aliphatic carbocycles. The first-order valence-electron chi connectivity index (χ1n) is 15.2. The number of hydrogen-bond donors (Lipinski definition) is 2. The van der Waals surface area contributed by atoms with E-state index in [1.165, 1.54) is 11.1 Å². The quantitative estimate of drug-likeness (QED) is 0.180. The van der Waals surface area contributed by atoms with Gasteiger partial charge in [-0.1, -0.05) is 13.8 Å². The fourth-order valence-corrected chi connectivity index (χ4v) is 3.74. The van der Waals surface area contributed by atoms with Gasteiger partial charge in [0.1, 0.15) is 0 Å². The Bertz CT molecular complexity index is 810. The molecule has 3 heterocycles. The second-order valence-electron chi connectivity index (χ2n) is 9.37. The minimum Gasteiger partial charge on any atom is 0 e. The first kappa shape index (κ1) is 66.7. The Morgan fingerprint density at radius 2 is 0.692 bits per heavy atom. The topological polar surface area (TPSA) is 182 Å². The largest absolute Gasteiger partial charge is 1.00 e. The molecule has 5 rings (SSSR count). The predicted molar refractivity (Wildman–Crippen MR) is 177 cm³/mol. The Labute approximate surface area is 361 Å². The van der Waals surface area contributed by atoms with Gasteiger partial charge in [0.2, 0.25) is 0 Å². The number of aryl methyl sites for hydroxylation is 2. The van der Waals surface area contributed by atoms with Crippen LogP contribution in [0.5, 0.6) is 0 Å². The molecule has 0 aromatic heterocycles. The third-order valence-electron chi connectivity index (χ3n) is 6.09. The average molecular weight is 889 g/mol. The fourth-order valence-electron chi connectivity index (χ4n) is 3.74. The molecule has 2 aromatic carbocycles. The van der Waals surface area contributed by atoms with E-state index in [0.29, 0.717) is 79.3 Å². The third kappa shape index (κ3) is 54.2. The minimum absolute atomic E-state index is 0. The molecule has 0 spiro atoms. The van der Waals surface area contributed by atoms with E-state index in [-0.39, 0.29) is 63.7 Å². The monoisotopic (exact) mass is 888 g/mol. The molecule has 3 aliphatic rings. The van der Waals surface area contributed by atoms with Crippen LogP contribution < -0.4 is 29.6 Å². The molecule has 3 saturated heterocycles. The molecule has 0 saturated carbocycles. The number of ether oxygens (including phenoxy) is 6. The first-order chi connectivity index (χ1) is 24.2. The van der Waals surface area contributed by atoms with Crippen molar-refractivity contribution < 1.29 is 119 Å². The van der Waals surface area contributed by atoms with Gasteiger partial charge in [-0.05, 0) is 0 Å². The van der Waals surface area contributed by atoms with Crippen LogP contribution in [0.15, 0.2) is 48.5 Å². The van der Waals surface area contributed by atoms with Crippen LogP contribution in [-0.4, -0.2) is 153 Å². The fraction of sp³-hybridized carbons (Fsp3) is 0.588. The summed E-state index contributed by atoms with van der Waals surface area (Å²) in [5.41, 5.74) is 2.69. The Morgan fingerprint density at radius 1 is 0.500 bits per heavy atom. The molecule has 0 amide bonds. The molecule has 2 N–H and O–H groups in total. The van der Waals surface area contributed by atoms with Gasteiger partial charge in [0.25, 0.3) is 0 Å². The third-order valence-corrected chi connectivity index (χ3v) is 6.09. The molecule has 3 aliphatic heterocycles. The van der Waals surface area contributed by atoms with Gasteiger partial charge in [0.15, 0.2) is 0 Å². The summed E-state index contributed by atoms with van der Waals surface area (Å²) in [5, 5.41) is 0. The minimum atomic E-state index is -1.31. The standard InChI is InChI=1S/C18H36N2O6.2C6H7.4CO.AsH2O2.2Mn.Na/c1-7-21-13-14-24-10-4-20-5-11-25-17-15-22-8-2-19(1)3-9-23-16-18-26-12-6-20;2*1-6-4-2-3-5-6;4*1-2;2-1-3;;;/h1-18H2;2*2-5H,1H3;;;;;2-3H;;;/q;2*-1;;;;;;;;+1. The van der Waals surface area contributed by atoms with Gasteiger partial charge in [0, 0.05) is 73.4 Å². The van der Waals surface area contributed by atoms with E-state index in [0.717, 1.165) is 39.3 Å². The van der Waals surface area contributed by atoms with E-state index in [1.54, 1.807) is 0 Å². The molecule has 52 heavy (non-hydrogen) atoms. The smallest absolute Gasteiger partial charge is 0 e. The molecule has 3 fully saturated rings. The van der Waals surface area contributed by atoms with E-state index < -0.39 is 16.4 Å². The number of hydrogen-bond acceptors (Lipinski definition) is 10. The predicted octanol–water partition coefficient (Wildman–Crippen LogP) is -1.50. The summed E-state index contributed by atoms with van der Waals surface area (Å²) in [6, 6.07) is 16.5. The Balaban J connectivity index is -0.000000128. The van der Waals surface area contributed by atoms with Gasteiger partial charge in [0.05, 0.1) is 79.3 Å². The van der Waals surface area contributed by atoms with Crippen LogP contribution in [0.1, 0.15) is 11.1 Å². The van der Waals surface area contributed by atoms with E-state index in [2.05, 4.69) is 74.5 Å². The molecule has 0 atom stereocenters. The van der Waals surface area contributed by atoms with Gasteiger partial charge in [-0.2, -0.15) is 36.4 Å². The van der Waals surface area contributed by atoms with Crippen LogP contribution in [0.25, 0.3) is 0 Å². The zero-order valence-corrected chi connectivity index (χ0v) is 36.7. The maximum absolute atomic E-state index is 7.50. The van der Waals surface area contributed by atoms with Gasteiger partial charge >= 0.3 is 99.4 Å². The zero-order chi connectivity index (χ0) is 37.6. The van der Waals surface area contributed by atoms with Gasteiger partial charge in [-0.25, -0.2) is 23.3 Å². The number of fused-ring (bicyclic) bond motifs is 21. The van der Waals surface area contributed by atoms with E-state index in [1.807, 2.05) is 24.3 Å². The molecule has 2 aromatic rings. The summed E-state index contributed by atoms with van der Waals surface area (Å²) >= 11 is -1.31. The summed E-state index contributed by atoms with van der Waals surface area (Å²) in [4.78, 5) is 4.62. The summed E-state index contributed by atoms with van der Waals surface area (Å²) in [7, 11) is 0.